The Balaban J connectivity index is 1.47. The highest BCUT2D eigenvalue weighted by Crippen LogP contribution is 2.27. The predicted octanol–water partition coefficient (Wildman–Crippen LogP) is 1.71. The number of amides is 1. The van der Waals surface area contributed by atoms with Crippen LogP contribution >= 0.6 is 0 Å². The maximum atomic E-state index is 12.9. The minimum absolute atomic E-state index is 0.0429. The third kappa shape index (κ3) is 3.48. The van der Waals surface area contributed by atoms with Crippen LogP contribution < -0.4 is 0 Å². The molecule has 10 nitrogen and oxygen atoms in total. The fraction of sp³-hybridized carbons (Fsp3) is 0.500. The quantitative estimate of drug-likeness (QED) is 0.580. The molecule has 2 aromatic rings. The fourth-order valence-corrected chi connectivity index (χ4v) is 3.68. The van der Waals surface area contributed by atoms with Gasteiger partial charge >= 0.3 is 0 Å². The summed E-state index contributed by atoms with van der Waals surface area (Å²) in [4.78, 5) is 25.2. The van der Waals surface area contributed by atoms with Gasteiger partial charge in [-0.3, -0.25) is 14.9 Å². The largest absolute Gasteiger partial charge is 0.350 e. The SMILES string of the molecule is Cc1c(C(=O)N2CCC(C3OCCO3)CC2)nnn1-c1cccc([N+](=O)[O-])c1. The number of nitro groups is 1. The van der Waals surface area contributed by atoms with Crippen molar-refractivity contribution >= 4 is 11.6 Å². The third-order valence-electron chi connectivity index (χ3n) is 5.24. The number of likely N-dealkylation sites (tertiary alicyclic amines) is 1. The van der Waals surface area contributed by atoms with E-state index in [0.717, 1.165) is 12.8 Å². The molecule has 0 saturated carbocycles. The van der Waals surface area contributed by atoms with Crippen LogP contribution in [0.3, 0.4) is 0 Å². The highest BCUT2D eigenvalue weighted by atomic mass is 16.7. The van der Waals surface area contributed by atoms with Crippen LogP contribution in [0.5, 0.6) is 0 Å². The van der Waals surface area contributed by atoms with Crippen LogP contribution in [0.2, 0.25) is 0 Å². The molecule has 1 aromatic heterocycles. The number of nitro benzene ring substituents is 1. The number of hydrogen-bond acceptors (Lipinski definition) is 7. The van der Waals surface area contributed by atoms with Crippen molar-refractivity contribution < 1.29 is 19.2 Å². The summed E-state index contributed by atoms with van der Waals surface area (Å²) in [6.07, 6.45) is 1.47. The van der Waals surface area contributed by atoms with Crippen molar-refractivity contribution in [2.45, 2.75) is 26.1 Å². The average molecular weight is 387 g/mol. The first-order valence-electron chi connectivity index (χ1n) is 9.24. The molecule has 10 heteroatoms. The number of aromatic nitrogens is 3. The summed E-state index contributed by atoms with van der Waals surface area (Å²) in [6, 6.07) is 6.08. The fourth-order valence-electron chi connectivity index (χ4n) is 3.68. The van der Waals surface area contributed by atoms with Gasteiger partial charge in [-0.25, -0.2) is 4.68 Å². The zero-order chi connectivity index (χ0) is 19.7. The number of hydrogen-bond donors (Lipinski definition) is 0. The van der Waals surface area contributed by atoms with E-state index in [0.29, 0.717) is 43.6 Å². The number of piperidine rings is 1. The minimum atomic E-state index is -0.469. The lowest BCUT2D eigenvalue weighted by Crippen LogP contribution is -2.41. The first-order chi connectivity index (χ1) is 13.5. The van der Waals surface area contributed by atoms with E-state index in [-0.39, 0.29) is 23.6 Å². The Hall–Kier alpha value is -2.85. The van der Waals surface area contributed by atoms with E-state index >= 15 is 0 Å². The van der Waals surface area contributed by atoms with Gasteiger partial charge in [0.05, 0.1) is 29.5 Å². The van der Waals surface area contributed by atoms with Crippen LogP contribution in [-0.2, 0) is 9.47 Å². The molecule has 0 radical (unpaired) electrons. The molecule has 0 N–H and O–H groups in total. The number of carbonyl (C=O) groups excluding carboxylic acids is 1. The van der Waals surface area contributed by atoms with Gasteiger partial charge < -0.3 is 14.4 Å². The topological polar surface area (TPSA) is 113 Å². The lowest BCUT2D eigenvalue weighted by atomic mass is 9.96. The number of rotatable bonds is 4. The lowest BCUT2D eigenvalue weighted by molar-refractivity contribution is -0.384. The molecule has 0 bridgehead atoms. The van der Waals surface area contributed by atoms with Gasteiger partial charge in [0.2, 0.25) is 0 Å². The summed E-state index contributed by atoms with van der Waals surface area (Å²) in [5.41, 5.74) is 1.26. The zero-order valence-corrected chi connectivity index (χ0v) is 15.5. The van der Waals surface area contributed by atoms with E-state index in [9.17, 15) is 14.9 Å². The summed E-state index contributed by atoms with van der Waals surface area (Å²) in [6.45, 7) is 4.21. The molecule has 2 fully saturated rings. The Bertz CT molecular complexity index is 884. The van der Waals surface area contributed by atoms with E-state index in [4.69, 9.17) is 9.47 Å². The van der Waals surface area contributed by atoms with Crippen LogP contribution in [0.4, 0.5) is 5.69 Å². The Morgan fingerprint density at radius 3 is 2.64 bits per heavy atom. The predicted molar refractivity (Wildman–Crippen MR) is 97.1 cm³/mol. The molecule has 148 valence electrons. The van der Waals surface area contributed by atoms with Gasteiger partial charge in [0, 0.05) is 31.1 Å². The van der Waals surface area contributed by atoms with Crippen molar-refractivity contribution in [3.05, 3.63) is 45.8 Å². The van der Waals surface area contributed by atoms with Gasteiger partial charge in [-0.2, -0.15) is 0 Å². The molecule has 1 aromatic carbocycles. The van der Waals surface area contributed by atoms with E-state index in [1.807, 2.05) is 0 Å². The molecule has 3 heterocycles. The molecule has 0 unspecified atom stereocenters. The molecule has 4 rings (SSSR count). The van der Waals surface area contributed by atoms with Crippen LogP contribution in [0, 0.1) is 23.0 Å². The average Bonchev–Trinajstić information content (AvgIpc) is 3.38. The zero-order valence-electron chi connectivity index (χ0n) is 15.5. The summed E-state index contributed by atoms with van der Waals surface area (Å²) in [7, 11) is 0. The Morgan fingerprint density at radius 1 is 1.25 bits per heavy atom. The lowest BCUT2D eigenvalue weighted by Gasteiger charge is -2.33. The number of benzene rings is 1. The normalized spacial score (nSPS) is 18.5. The molecule has 2 aliphatic heterocycles. The molecule has 0 atom stereocenters. The van der Waals surface area contributed by atoms with Gasteiger partial charge in [0.15, 0.2) is 12.0 Å². The highest BCUT2D eigenvalue weighted by molar-refractivity contribution is 5.93. The summed E-state index contributed by atoms with van der Waals surface area (Å²) < 4.78 is 12.6. The number of nitrogens with zero attached hydrogens (tertiary/aromatic N) is 5. The van der Waals surface area contributed by atoms with Crippen molar-refractivity contribution in [2.75, 3.05) is 26.3 Å². The molecule has 1 amide bonds. The van der Waals surface area contributed by atoms with E-state index < -0.39 is 4.92 Å². The summed E-state index contributed by atoms with van der Waals surface area (Å²) in [5, 5.41) is 19.1. The highest BCUT2D eigenvalue weighted by Gasteiger charge is 2.33. The van der Waals surface area contributed by atoms with Crippen LogP contribution in [-0.4, -0.2) is 63.3 Å². The van der Waals surface area contributed by atoms with Crippen molar-refractivity contribution in [3.63, 3.8) is 0 Å². The van der Waals surface area contributed by atoms with E-state index in [1.165, 1.54) is 16.8 Å². The van der Waals surface area contributed by atoms with Crippen molar-refractivity contribution in [2.24, 2.45) is 5.92 Å². The van der Waals surface area contributed by atoms with Gasteiger partial charge in [0.1, 0.15) is 0 Å². The first kappa shape index (κ1) is 18.5. The van der Waals surface area contributed by atoms with Crippen LogP contribution in [0.1, 0.15) is 29.0 Å². The number of non-ortho nitro benzene ring substituents is 1. The van der Waals surface area contributed by atoms with E-state index in [1.54, 1.807) is 24.0 Å². The van der Waals surface area contributed by atoms with Crippen molar-refractivity contribution in [1.29, 1.82) is 0 Å². The molecule has 28 heavy (non-hydrogen) atoms. The van der Waals surface area contributed by atoms with Gasteiger partial charge in [0.25, 0.3) is 11.6 Å². The smallest absolute Gasteiger partial charge is 0.276 e. The molecular formula is C18H21N5O5. The molecular weight excluding hydrogens is 366 g/mol. The number of ether oxygens (including phenoxy) is 2. The number of carbonyl (C=O) groups is 1. The van der Waals surface area contributed by atoms with Crippen LogP contribution in [0.25, 0.3) is 5.69 Å². The summed E-state index contributed by atoms with van der Waals surface area (Å²) in [5.74, 6) is 0.120. The van der Waals surface area contributed by atoms with Gasteiger partial charge in [-0.05, 0) is 25.8 Å². The van der Waals surface area contributed by atoms with Crippen molar-refractivity contribution in [1.82, 2.24) is 19.9 Å². The second-order valence-electron chi connectivity index (χ2n) is 6.95. The Morgan fingerprint density at radius 2 is 1.96 bits per heavy atom. The Kier molecular flexibility index (Phi) is 5.05. The maximum Gasteiger partial charge on any atom is 0.276 e. The molecule has 0 spiro atoms. The molecule has 2 aliphatic rings. The second-order valence-corrected chi connectivity index (χ2v) is 6.95. The van der Waals surface area contributed by atoms with Crippen molar-refractivity contribution in [3.8, 4) is 5.69 Å². The minimum Gasteiger partial charge on any atom is -0.350 e. The Labute approximate surface area is 161 Å². The van der Waals surface area contributed by atoms with E-state index in [2.05, 4.69) is 10.3 Å². The summed E-state index contributed by atoms with van der Waals surface area (Å²) >= 11 is 0. The molecule has 0 aliphatic carbocycles. The van der Waals surface area contributed by atoms with Crippen LogP contribution in [0.15, 0.2) is 24.3 Å². The van der Waals surface area contributed by atoms with Gasteiger partial charge in [-0.15, -0.1) is 5.10 Å². The molecule has 2 saturated heterocycles. The second kappa shape index (κ2) is 7.64. The standard InChI is InChI=1S/C18H21N5O5/c1-12-16(19-20-22(12)14-3-2-4-15(11-14)23(25)26)17(24)21-7-5-13(6-8-21)18-27-9-10-28-18/h2-4,11,13,18H,5-10H2,1H3. The monoisotopic (exact) mass is 387 g/mol. The first-order valence-corrected chi connectivity index (χ1v) is 9.24. The maximum absolute atomic E-state index is 12.9. The van der Waals surface area contributed by atoms with Gasteiger partial charge in [-0.1, -0.05) is 11.3 Å². The third-order valence-corrected chi connectivity index (χ3v) is 5.24.